The molecular formula is C15H23BN2O2. The van der Waals surface area contributed by atoms with Crippen LogP contribution in [0.2, 0.25) is 0 Å². The first kappa shape index (κ1) is 14.0. The molecule has 0 spiro atoms. The average Bonchev–Trinajstić information content (AvgIpc) is 2.97. The predicted octanol–water partition coefficient (Wildman–Crippen LogP) is 1.81. The van der Waals surface area contributed by atoms with Crippen molar-refractivity contribution in [1.82, 2.24) is 10.3 Å². The van der Waals surface area contributed by atoms with Gasteiger partial charge in [0.2, 0.25) is 0 Å². The Morgan fingerprint density at radius 1 is 1.20 bits per heavy atom. The molecule has 1 aromatic heterocycles. The summed E-state index contributed by atoms with van der Waals surface area (Å²) in [7, 11) is -0.321. The van der Waals surface area contributed by atoms with Crippen LogP contribution in [0.5, 0.6) is 0 Å². The highest BCUT2D eigenvalue weighted by Gasteiger charge is 2.51. The van der Waals surface area contributed by atoms with Gasteiger partial charge in [-0.2, -0.15) is 0 Å². The van der Waals surface area contributed by atoms with E-state index in [-0.39, 0.29) is 18.3 Å². The van der Waals surface area contributed by atoms with E-state index in [0.29, 0.717) is 6.04 Å². The van der Waals surface area contributed by atoms with Crippen LogP contribution in [0.15, 0.2) is 18.3 Å². The van der Waals surface area contributed by atoms with Gasteiger partial charge in [0.25, 0.3) is 0 Å². The second-order valence-electron chi connectivity index (χ2n) is 6.75. The highest BCUT2D eigenvalue weighted by atomic mass is 16.7. The van der Waals surface area contributed by atoms with Gasteiger partial charge in [0.15, 0.2) is 0 Å². The van der Waals surface area contributed by atoms with Crippen molar-refractivity contribution in [3.63, 3.8) is 0 Å². The molecule has 2 aliphatic rings. The van der Waals surface area contributed by atoms with Gasteiger partial charge in [-0.05, 0) is 53.1 Å². The fourth-order valence-corrected chi connectivity index (χ4v) is 2.68. The molecule has 2 fully saturated rings. The Balaban J connectivity index is 1.75. The molecule has 0 aliphatic carbocycles. The molecule has 3 rings (SSSR count). The van der Waals surface area contributed by atoms with Crippen molar-refractivity contribution >= 4 is 12.6 Å². The maximum atomic E-state index is 6.04. The minimum Gasteiger partial charge on any atom is -0.399 e. The van der Waals surface area contributed by atoms with Gasteiger partial charge in [-0.15, -0.1) is 0 Å². The zero-order chi connectivity index (χ0) is 14.4. The van der Waals surface area contributed by atoms with E-state index in [0.717, 1.165) is 17.7 Å². The second-order valence-corrected chi connectivity index (χ2v) is 6.75. The molecule has 1 unspecified atom stereocenters. The summed E-state index contributed by atoms with van der Waals surface area (Å²) in [6.07, 6.45) is 4.28. The Hall–Kier alpha value is -0.905. The third kappa shape index (κ3) is 2.38. The lowest BCUT2D eigenvalue weighted by atomic mass is 9.80. The van der Waals surface area contributed by atoms with Gasteiger partial charge >= 0.3 is 7.12 Å². The van der Waals surface area contributed by atoms with Gasteiger partial charge in [-0.25, -0.2) is 0 Å². The molecule has 3 heterocycles. The molecule has 1 N–H and O–H groups in total. The molecular weight excluding hydrogens is 251 g/mol. The molecule has 108 valence electrons. The van der Waals surface area contributed by atoms with Crippen LogP contribution in [0.3, 0.4) is 0 Å². The smallest absolute Gasteiger partial charge is 0.399 e. The van der Waals surface area contributed by atoms with Gasteiger partial charge in [-0.3, -0.25) is 4.98 Å². The highest BCUT2D eigenvalue weighted by molar-refractivity contribution is 6.62. The minimum absolute atomic E-state index is 0.302. The van der Waals surface area contributed by atoms with Gasteiger partial charge in [-0.1, -0.05) is 6.07 Å². The molecule has 5 heteroatoms. The van der Waals surface area contributed by atoms with Crippen molar-refractivity contribution in [1.29, 1.82) is 0 Å². The second kappa shape index (κ2) is 4.83. The largest absolute Gasteiger partial charge is 0.496 e. The number of hydrogen-bond donors (Lipinski definition) is 1. The topological polar surface area (TPSA) is 43.4 Å². The minimum atomic E-state index is -0.321. The van der Waals surface area contributed by atoms with Crippen molar-refractivity contribution in [2.75, 3.05) is 6.54 Å². The SMILES string of the molecule is CC1(C)OB(c2ccc(C3CCCN3)nc2)OC1(C)C. The molecule has 1 aromatic rings. The van der Waals surface area contributed by atoms with Crippen LogP contribution in [0.1, 0.15) is 52.3 Å². The number of pyridine rings is 1. The molecule has 0 radical (unpaired) electrons. The zero-order valence-electron chi connectivity index (χ0n) is 12.8. The molecule has 20 heavy (non-hydrogen) atoms. The van der Waals surface area contributed by atoms with Gasteiger partial charge < -0.3 is 14.6 Å². The number of aromatic nitrogens is 1. The Kier molecular flexibility index (Phi) is 3.39. The fourth-order valence-electron chi connectivity index (χ4n) is 2.68. The molecule has 2 saturated heterocycles. The highest BCUT2D eigenvalue weighted by Crippen LogP contribution is 2.36. The summed E-state index contributed by atoms with van der Waals surface area (Å²) in [5.41, 5.74) is 1.50. The summed E-state index contributed by atoms with van der Waals surface area (Å²) in [5.74, 6) is 0. The Labute approximate surface area is 121 Å². The van der Waals surface area contributed by atoms with E-state index in [1.165, 1.54) is 12.8 Å². The quantitative estimate of drug-likeness (QED) is 0.835. The van der Waals surface area contributed by atoms with Crippen molar-refractivity contribution < 1.29 is 9.31 Å². The van der Waals surface area contributed by atoms with E-state index in [9.17, 15) is 0 Å². The maximum Gasteiger partial charge on any atom is 0.496 e. The Morgan fingerprint density at radius 3 is 2.40 bits per heavy atom. The van der Waals surface area contributed by atoms with E-state index in [4.69, 9.17) is 9.31 Å². The van der Waals surface area contributed by atoms with E-state index < -0.39 is 0 Å². The van der Waals surface area contributed by atoms with Crippen molar-refractivity contribution in [2.45, 2.75) is 57.8 Å². The van der Waals surface area contributed by atoms with E-state index in [1.807, 2.05) is 6.20 Å². The van der Waals surface area contributed by atoms with E-state index in [1.54, 1.807) is 0 Å². The molecule has 1 atom stereocenters. The monoisotopic (exact) mass is 274 g/mol. The van der Waals surface area contributed by atoms with Crippen LogP contribution in [0.4, 0.5) is 0 Å². The number of hydrogen-bond acceptors (Lipinski definition) is 4. The number of rotatable bonds is 2. The maximum absolute atomic E-state index is 6.04. The predicted molar refractivity (Wildman–Crippen MR) is 79.9 cm³/mol. The summed E-state index contributed by atoms with van der Waals surface area (Å²) >= 11 is 0. The Bertz CT molecular complexity index is 465. The van der Waals surface area contributed by atoms with Crippen LogP contribution in [-0.4, -0.2) is 29.8 Å². The normalized spacial score (nSPS) is 28.0. The first-order valence-electron chi connectivity index (χ1n) is 7.44. The van der Waals surface area contributed by atoms with Crippen molar-refractivity contribution in [3.05, 3.63) is 24.0 Å². The van der Waals surface area contributed by atoms with Gasteiger partial charge in [0, 0.05) is 17.7 Å². The molecule has 0 amide bonds. The van der Waals surface area contributed by atoms with Crippen LogP contribution < -0.4 is 10.8 Å². The van der Waals surface area contributed by atoms with Crippen LogP contribution in [0, 0.1) is 0 Å². The summed E-state index contributed by atoms with van der Waals surface area (Å²) < 4.78 is 12.1. The van der Waals surface area contributed by atoms with E-state index >= 15 is 0 Å². The lowest BCUT2D eigenvalue weighted by molar-refractivity contribution is 0.00578. The summed E-state index contributed by atoms with van der Waals surface area (Å²) in [4.78, 5) is 4.58. The average molecular weight is 274 g/mol. The summed E-state index contributed by atoms with van der Waals surface area (Å²) in [6, 6.07) is 4.57. The standard InChI is InChI=1S/C15H23BN2O2/c1-14(2)15(3,4)20-16(19-14)11-7-8-13(18-10-11)12-6-5-9-17-12/h7-8,10,12,17H,5-6,9H2,1-4H3. The molecule has 0 aromatic carbocycles. The lowest BCUT2D eigenvalue weighted by Crippen LogP contribution is -2.41. The molecule has 0 saturated carbocycles. The first-order valence-corrected chi connectivity index (χ1v) is 7.44. The fraction of sp³-hybridized carbons (Fsp3) is 0.667. The van der Waals surface area contributed by atoms with E-state index in [2.05, 4.69) is 50.1 Å². The van der Waals surface area contributed by atoms with Gasteiger partial charge in [0.1, 0.15) is 0 Å². The number of nitrogens with one attached hydrogen (secondary N) is 1. The van der Waals surface area contributed by atoms with Crippen LogP contribution in [0.25, 0.3) is 0 Å². The molecule has 4 nitrogen and oxygen atoms in total. The molecule has 2 aliphatic heterocycles. The lowest BCUT2D eigenvalue weighted by Gasteiger charge is -2.32. The number of nitrogens with zero attached hydrogens (tertiary/aromatic N) is 1. The molecule has 0 bridgehead atoms. The first-order chi connectivity index (χ1) is 9.39. The van der Waals surface area contributed by atoms with Gasteiger partial charge in [0.05, 0.1) is 16.9 Å². The summed E-state index contributed by atoms with van der Waals surface area (Å²) in [6.45, 7) is 9.36. The third-order valence-electron chi connectivity index (χ3n) is 4.75. The third-order valence-corrected chi connectivity index (χ3v) is 4.75. The Morgan fingerprint density at radius 2 is 1.90 bits per heavy atom. The van der Waals surface area contributed by atoms with Crippen LogP contribution >= 0.6 is 0 Å². The van der Waals surface area contributed by atoms with Crippen LogP contribution in [-0.2, 0) is 9.31 Å². The van der Waals surface area contributed by atoms with Crippen molar-refractivity contribution in [3.8, 4) is 0 Å². The summed E-state index contributed by atoms with van der Waals surface area (Å²) in [5, 5.41) is 3.46. The zero-order valence-corrected chi connectivity index (χ0v) is 12.8. The van der Waals surface area contributed by atoms with Crippen molar-refractivity contribution in [2.24, 2.45) is 0 Å².